The second-order valence-electron chi connectivity index (χ2n) is 9.99. The molecule has 0 bridgehead atoms. The molecule has 5 aromatic rings. The van der Waals surface area contributed by atoms with E-state index in [2.05, 4.69) is 121 Å². The molecule has 194 valence electrons. The summed E-state index contributed by atoms with van der Waals surface area (Å²) >= 11 is 3.40. The molecule has 5 heteroatoms. The fourth-order valence-electron chi connectivity index (χ4n) is 5.63. The highest BCUT2D eigenvalue weighted by Gasteiger charge is 2.61. The number of Topliss-reactive ketones (excluding diaryl/α,β-unsaturated/α-hetero) is 1. The fraction of sp³-hybridized carbons (Fsp3) is 0.0857. The topological polar surface area (TPSA) is 32.7 Å². The Bertz CT molecular complexity index is 1680. The van der Waals surface area contributed by atoms with Crippen molar-refractivity contribution in [3.63, 3.8) is 0 Å². The molecule has 1 atom stereocenters. The second kappa shape index (κ2) is 9.84. The third-order valence-electron chi connectivity index (χ3n) is 7.51. The summed E-state index contributed by atoms with van der Waals surface area (Å²) in [7, 11) is 0. The molecule has 5 aromatic carbocycles. The molecule has 2 aliphatic rings. The quantitative estimate of drug-likeness (QED) is 0.204. The zero-order valence-corrected chi connectivity index (χ0v) is 23.5. The van der Waals surface area contributed by atoms with Crippen LogP contribution < -0.4 is 5.01 Å². The molecule has 0 unspecified atom stereocenters. The van der Waals surface area contributed by atoms with Crippen LogP contribution in [0.2, 0.25) is 0 Å². The molecule has 7 rings (SSSR count). The smallest absolute Gasteiger partial charge is 0.219 e. The highest BCUT2D eigenvalue weighted by atomic mass is 32.2. The van der Waals surface area contributed by atoms with E-state index in [9.17, 15) is 4.79 Å². The molecular weight excluding hydrogens is 529 g/mol. The van der Waals surface area contributed by atoms with Crippen LogP contribution in [0, 0.1) is 6.92 Å². The van der Waals surface area contributed by atoms with Crippen LogP contribution in [0.25, 0.3) is 0 Å². The maximum atomic E-state index is 13.8. The Balaban J connectivity index is 1.47. The summed E-state index contributed by atoms with van der Waals surface area (Å²) < 4.78 is -1.20. The van der Waals surface area contributed by atoms with E-state index < -0.39 is 8.95 Å². The van der Waals surface area contributed by atoms with E-state index in [-0.39, 0.29) is 5.78 Å². The number of carbonyl (C=O) groups excluding carboxylic acids is 1. The van der Waals surface area contributed by atoms with E-state index in [4.69, 9.17) is 5.10 Å². The van der Waals surface area contributed by atoms with E-state index in [0.717, 1.165) is 11.3 Å². The molecule has 0 aromatic heterocycles. The second-order valence-corrected chi connectivity index (χ2v) is 12.8. The van der Waals surface area contributed by atoms with Gasteiger partial charge in [-0.25, -0.2) is 5.01 Å². The van der Waals surface area contributed by atoms with Crippen LogP contribution in [0.3, 0.4) is 0 Å². The maximum absolute atomic E-state index is 13.8. The van der Waals surface area contributed by atoms with Crippen molar-refractivity contribution in [3.05, 3.63) is 173 Å². The summed E-state index contributed by atoms with van der Waals surface area (Å²) in [5, 5.41) is 7.66. The molecular formula is C35H26N2OS2. The Labute approximate surface area is 243 Å². The highest BCUT2D eigenvalue weighted by molar-refractivity contribution is 8.27. The number of rotatable bonds is 5. The minimum atomic E-state index is -0.697. The van der Waals surface area contributed by atoms with Crippen LogP contribution in [-0.4, -0.2) is 10.8 Å². The van der Waals surface area contributed by atoms with Crippen molar-refractivity contribution in [2.24, 2.45) is 5.10 Å². The van der Waals surface area contributed by atoms with Gasteiger partial charge in [0.25, 0.3) is 0 Å². The zero-order valence-electron chi connectivity index (χ0n) is 21.9. The molecule has 3 nitrogen and oxygen atoms in total. The highest BCUT2D eigenvalue weighted by Crippen LogP contribution is 2.70. The Kier molecular flexibility index (Phi) is 6.14. The van der Waals surface area contributed by atoms with Gasteiger partial charge in [-0.15, -0.1) is 0 Å². The SMILES string of the molecule is Cc1ccc(N2N=C(C(=O)c3ccccc3)S[C@@]23SC(c2ccccc2)(c2ccccc2)c2ccccc23)cc1. The summed E-state index contributed by atoms with van der Waals surface area (Å²) in [5.41, 5.74) is 7.53. The standard InChI is InChI=1S/C35H26N2OS2/c1-25-21-23-29(24-22-25)37-35(39-33(36-37)32(38)26-13-5-2-6-14-26)31-20-12-11-19-30(31)34(40-35,27-15-7-3-8-16-27)28-17-9-4-10-18-28/h2-24H,1H3/t35-/m0/s1. The molecule has 2 aliphatic heterocycles. The predicted molar refractivity (Wildman–Crippen MR) is 168 cm³/mol. The van der Waals surface area contributed by atoms with Gasteiger partial charge in [-0.05, 0) is 35.7 Å². The zero-order chi connectivity index (χ0) is 27.2. The number of nitrogens with zero attached hydrogens (tertiary/aromatic N) is 2. The van der Waals surface area contributed by atoms with E-state index in [1.165, 1.54) is 22.3 Å². The van der Waals surface area contributed by atoms with E-state index >= 15 is 0 Å². The van der Waals surface area contributed by atoms with Gasteiger partial charge in [0.2, 0.25) is 5.78 Å². The van der Waals surface area contributed by atoms with Crippen molar-refractivity contribution in [1.82, 2.24) is 0 Å². The molecule has 2 heterocycles. The van der Waals surface area contributed by atoms with E-state index in [1.807, 2.05) is 42.1 Å². The third-order valence-corrected chi connectivity index (χ3v) is 10.8. The number of anilines is 1. The predicted octanol–water partition coefficient (Wildman–Crippen LogP) is 8.59. The minimum absolute atomic E-state index is 0.0606. The maximum Gasteiger partial charge on any atom is 0.219 e. The van der Waals surface area contributed by atoms with Gasteiger partial charge in [-0.2, -0.15) is 5.10 Å². The van der Waals surface area contributed by atoms with Crippen LogP contribution in [0.4, 0.5) is 5.69 Å². The van der Waals surface area contributed by atoms with Gasteiger partial charge in [0.15, 0.2) is 9.25 Å². The summed E-state index contributed by atoms with van der Waals surface area (Å²) in [6, 6.07) is 47.9. The van der Waals surface area contributed by atoms with Crippen molar-refractivity contribution in [2.45, 2.75) is 15.9 Å². The van der Waals surface area contributed by atoms with Gasteiger partial charge >= 0.3 is 0 Å². The Morgan fingerprint density at radius 2 is 1.18 bits per heavy atom. The average Bonchev–Trinajstić information content (AvgIpc) is 3.55. The Morgan fingerprint density at radius 3 is 1.77 bits per heavy atom. The lowest BCUT2D eigenvalue weighted by molar-refractivity contribution is 0.106. The monoisotopic (exact) mass is 554 g/mol. The molecule has 0 N–H and O–H groups in total. The number of aryl methyl sites for hydroxylation is 1. The first-order valence-electron chi connectivity index (χ1n) is 13.3. The number of hydrazone groups is 1. The normalized spacial score (nSPS) is 18.9. The summed E-state index contributed by atoms with van der Waals surface area (Å²) in [5.74, 6) is -0.0606. The molecule has 0 saturated heterocycles. The first-order chi connectivity index (χ1) is 19.6. The van der Waals surface area contributed by atoms with Gasteiger partial charge in [-0.1, -0.05) is 156 Å². The molecule has 0 saturated carbocycles. The van der Waals surface area contributed by atoms with Crippen molar-refractivity contribution in [3.8, 4) is 0 Å². The largest absolute Gasteiger partial charge is 0.286 e. The number of ketones is 1. The van der Waals surface area contributed by atoms with Gasteiger partial charge < -0.3 is 0 Å². The number of thioether (sulfide) groups is 2. The van der Waals surface area contributed by atoms with Crippen molar-refractivity contribution in [2.75, 3.05) is 5.01 Å². The molecule has 40 heavy (non-hydrogen) atoms. The van der Waals surface area contributed by atoms with Crippen LogP contribution in [0.1, 0.15) is 38.2 Å². The van der Waals surface area contributed by atoms with Crippen LogP contribution >= 0.6 is 23.5 Å². The average molecular weight is 555 g/mol. The number of hydrogen-bond acceptors (Lipinski definition) is 5. The lowest BCUT2D eigenvalue weighted by Gasteiger charge is -2.37. The number of fused-ring (bicyclic) bond motifs is 2. The van der Waals surface area contributed by atoms with Crippen LogP contribution in [0.5, 0.6) is 0 Å². The summed E-state index contributed by atoms with van der Waals surface area (Å²) in [4.78, 5) is 13.8. The van der Waals surface area contributed by atoms with Crippen molar-refractivity contribution in [1.29, 1.82) is 0 Å². The van der Waals surface area contributed by atoms with E-state index in [0.29, 0.717) is 10.6 Å². The van der Waals surface area contributed by atoms with Gasteiger partial charge in [-0.3, -0.25) is 4.79 Å². The lowest BCUT2D eigenvalue weighted by Crippen LogP contribution is -2.34. The Hall–Kier alpha value is -4.06. The van der Waals surface area contributed by atoms with Crippen LogP contribution in [-0.2, 0) is 8.95 Å². The number of carbonyl (C=O) groups is 1. The van der Waals surface area contributed by atoms with Crippen molar-refractivity contribution >= 4 is 40.0 Å². The molecule has 0 fully saturated rings. The number of hydrogen-bond donors (Lipinski definition) is 0. The summed E-state index contributed by atoms with van der Waals surface area (Å²) in [6.07, 6.45) is 0. The molecule has 1 spiro atoms. The van der Waals surface area contributed by atoms with Gasteiger partial charge in [0, 0.05) is 11.1 Å². The minimum Gasteiger partial charge on any atom is -0.286 e. The first-order valence-corrected chi connectivity index (χ1v) is 14.9. The lowest BCUT2D eigenvalue weighted by atomic mass is 9.82. The molecule has 0 radical (unpaired) electrons. The molecule has 0 aliphatic carbocycles. The first kappa shape index (κ1) is 24.9. The summed E-state index contributed by atoms with van der Waals surface area (Å²) in [6.45, 7) is 2.08. The van der Waals surface area contributed by atoms with Crippen LogP contribution in [0.15, 0.2) is 145 Å². The Morgan fingerprint density at radius 1 is 0.650 bits per heavy atom. The fourth-order valence-corrected chi connectivity index (χ4v) is 9.25. The number of benzene rings is 5. The van der Waals surface area contributed by atoms with Gasteiger partial charge in [0.05, 0.1) is 10.4 Å². The van der Waals surface area contributed by atoms with E-state index in [1.54, 1.807) is 11.8 Å². The van der Waals surface area contributed by atoms with Crippen molar-refractivity contribution < 1.29 is 4.79 Å². The van der Waals surface area contributed by atoms with Gasteiger partial charge in [0.1, 0.15) is 0 Å². The molecule has 0 amide bonds. The third kappa shape index (κ3) is 3.84.